The fourth-order valence-corrected chi connectivity index (χ4v) is 2.70. The van der Waals surface area contributed by atoms with Crippen LogP contribution < -0.4 is 4.74 Å². The monoisotopic (exact) mass is 346 g/mol. The molecule has 0 spiro atoms. The van der Waals surface area contributed by atoms with Crippen molar-refractivity contribution in [2.24, 2.45) is 0 Å². The molecule has 92 valence electrons. The van der Waals surface area contributed by atoms with E-state index in [1.807, 2.05) is 26.0 Å². The fourth-order valence-electron chi connectivity index (χ4n) is 1.90. The highest BCUT2D eigenvalue weighted by Gasteiger charge is 2.36. The maximum Gasteiger partial charge on any atom is 0.159 e. The van der Waals surface area contributed by atoms with Gasteiger partial charge in [0.25, 0.3) is 0 Å². The molecule has 4 heteroatoms. The lowest BCUT2D eigenvalue weighted by atomic mass is 9.90. The van der Waals surface area contributed by atoms with E-state index in [0.717, 1.165) is 14.9 Å². The van der Waals surface area contributed by atoms with Crippen LogP contribution in [-0.2, 0) is 6.42 Å². The van der Waals surface area contributed by atoms with E-state index in [-0.39, 0.29) is 5.78 Å². The molecule has 1 aromatic rings. The van der Waals surface area contributed by atoms with Crippen molar-refractivity contribution >= 4 is 28.4 Å². The first-order valence-electron chi connectivity index (χ1n) is 5.51. The molecule has 0 radical (unpaired) electrons. The van der Waals surface area contributed by atoms with Crippen molar-refractivity contribution in [2.45, 2.75) is 38.9 Å². The number of halogens is 1. The summed E-state index contributed by atoms with van der Waals surface area (Å²) in [6.07, 6.45) is -0.0209. The summed E-state index contributed by atoms with van der Waals surface area (Å²) >= 11 is 2.17. The highest BCUT2D eigenvalue weighted by atomic mass is 127. The van der Waals surface area contributed by atoms with E-state index in [0.29, 0.717) is 12.0 Å². The smallest absolute Gasteiger partial charge is 0.159 e. The molecule has 0 saturated carbocycles. The number of hydrogen-bond acceptors (Lipinski definition) is 3. The summed E-state index contributed by atoms with van der Waals surface area (Å²) in [7, 11) is 0. The molecule has 0 fully saturated rings. The molecule has 1 heterocycles. The Morgan fingerprint density at radius 2 is 2.18 bits per heavy atom. The van der Waals surface area contributed by atoms with Crippen molar-refractivity contribution in [3.05, 3.63) is 26.8 Å². The Labute approximate surface area is 114 Å². The van der Waals surface area contributed by atoms with Crippen molar-refractivity contribution < 1.29 is 14.6 Å². The molecule has 17 heavy (non-hydrogen) atoms. The quantitative estimate of drug-likeness (QED) is 0.628. The molecule has 0 aliphatic carbocycles. The van der Waals surface area contributed by atoms with Crippen LogP contribution in [0.1, 0.15) is 36.7 Å². The summed E-state index contributed by atoms with van der Waals surface area (Å²) in [5.74, 6) is 0.830. The van der Waals surface area contributed by atoms with E-state index in [1.165, 1.54) is 0 Å². The van der Waals surface area contributed by atoms with E-state index in [4.69, 9.17) is 4.74 Å². The first-order valence-corrected chi connectivity index (χ1v) is 6.59. The van der Waals surface area contributed by atoms with Gasteiger partial charge in [0.05, 0.1) is 9.67 Å². The van der Waals surface area contributed by atoms with Crippen LogP contribution in [0.4, 0.5) is 0 Å². The van der Waals surface area contributed by atoms with Gasteiger partial charge in [0, 0.05) is 12.0 Å². The van der Waals surface area contributed by atoms with Gasteiger partial charge in [-0.25, -0.2) is 0 Å². The maximum absolute atomic E-state index is 11.4. The summed E-state index contributed by atoms with van der Waals surface area (Å²) in [5, 5.41) is 9.99. The Bertz CT molecular complexity index is 480. The minimum Gasteiger partial charge on any atom is -0.484 e. The van der Waals surface area contributed by atoms with E-state index in [2.05, 4.69) is 22.6 Å². The lowest BCUT2D eigenvalue weighted by molar-refractivity contribution is -0.0417. The minimum atomic E-state index is -0.579. The molecule has 1 N–H and O–H groups in total. The fraction of sp³-hybridized carbons (Fsp3) is 0.462. The lowest BCUT2D eigenvalue weighted by Crippen LogP contribution is -2.46. The van der Waals surface area contributed by atoms with Crippen LogP contribution in [0.2, 0.25) is 0 Å². The van der Waals surface area contributed by atoms with Gasteiger partial charge in [-0.3, -0.25) is 4.79 Å². The number of hydrogen-bond donors (Lipinski definition) is 1. The molecular weight excluding hydrogens is 331 g/mol. The SMILES string of the molecule is CC(=O)c1cc(I)c2c(c1)C[C@@H](O)C(C)(C)O2. The Hall–Kier alpha value is -0.620. The third kappa shape index (κ3) is 2.33. The molecular formula is C13H15IO3. The Morgan fingerprint density at radius 1 is 1.53 bits per heavy atom. The molecule has 0 amide bonds. The molecule has 0 bridgehead atoms. The molecule has 0 unspecified atom stereocenters. The van der Waals surface area contributed by atoms with Gasteiger partial charge in [-0.2, -0.15) is 0 Å². The van der Waals surface area contributed by atoms with Crippen LogP contribution in [0.25, 0.3) is 0 Å². The molecule has 2 rings (SSSR count). The third-order valence-electron chi connectivity index (χ3n) is 3.11. The zero-order chi connectivity index (χ0) is 12.8. The second kappa shape index (κ2) is 4.24. The number of carbonyl (C=O) groups excluding carboxylic acids is 1. The van der Waals surface area contributed by atoms with Crippen LogP contribution >= 0.6 is 22.6 Å². The predicted octanol–water partition coefficient (Wildman–Crippen LogP) is 2.57. The van der Waals surface area contributed by atoms with Gasteiger partial charge in [0.2, 0.25) is 0 Å². The number of fused-ring (bicyclic) bond motifs is 1. The zero-order valence-corrected chi connectivity index (χ0v) is 12.2. The summed E-state index contributed by atoms with van der Waals surface area (Å²) in [4.78, 5) is 11.4. The normalized spacial score (nSPS) is 21.6. The number of aliphatic hydroxyl groups excluding tert-OH is 1. The number of ether oxygens (including phenoxy) is 1. The van der Waals surface area contributed by atoms with Gasteiger partial charge in [0.15, 0.2) is 5.78 Å². The summed E-state index contributed by atoms with van der Waals surface area (Å²) < 4.78 is 6.75. The second-order valence-electron chi connectivity index (χ2n) is 4.93. The van der Waals surface area contributed by atoms with Crippen LogP contribution in [0.5, 0.6) is 5.75 Å². The van der Waals surface area contributed by atoms with Crippen LogP contribution in [0, 0.1) is 3.57 Å². The van der Waals surface area contributed by atoms with Crippen molar-refractivity contribution in [1.82, 2.24) is 0 Å². The average molecular weight is 346 g/mol. The predicted molar refractivity (Wildman–Crippen MR) is 73.6 cm³/mol. The molecule has 0 saturated heterocycles. The van der Waals surface area contributed by atoms with Crippen molar-refractivity contribution in [3.63, 3.8) is 0 Å². The molecule has 1 aromatic carbocycles. The second-order valence-corrected chi connectivity index (χ2v) is 6.09. The van der Waals surface area contributed by atoms with E-state index < -0.39 is 11.7 Å². The standard InChI is InChI=1S/C13H15IO3/c1-7(15)8-4-9-6-11(16)13(2,3)17-12(9)10(14)5-8/h4-5,11,16H,6H2,1-3H3/t11-/m1/s1. The van der Waals surface area contributed by atoms with Crippen molar-refractivity contribution in [1.29, 1.82) is 0 Å². The van der Waals surface area contributed by atoms with Crippen LogP contribution in [0.3, 0.4) is 0 Å². The average Bonchev–Trinajstić information content (AvgIpc) is 2.20. The van der Waals surface area contributed by atoms with E-state index in [1.54, 1.807) is 6.92 Å². The molecule has 1 aliphatic heterocycles. The summed E-state index contributed by atoms with van der Waals surface area (Å²) in [6.45, 7) is 5.28. The van der Waals surface area contributed by atoms with E-state index >= 15 is 0 Å². The topological polar surface area (TPSA) is 46.5 Å². The van der Waals surface area contributed by atoms with Gasteiger partial charge in [-0.1, -0.05) is 0 Å². The number of aliphatic hydroxyl groups is 1. The molecule has 1 atom stereocenters. The highest BCUT2D eigenvalue weighted by Crippen LogP contribution is 2.37. The molecule has 0 aromatic heterocycles. The first kappa shape index (κ1) is 12.8. The summed E-state index contributed by atoms with van der Waals surface area (Å²) in [6, 6.07) is 3.65. The number of Topliss-reactive ketones (excluding diaryl/α,β-unsaturated/α-hetero) is 1. The lowest BCUT2D eigenvalue weighted by Gasteiger charge is -2.37. The number of rotatable bonds is 1. The number of benzene rings is 1. The molecule has 1 aliphatic rings. The highest BCUT2D eigenvalue weighted by molar-refractivity contribution is 14.1. The maximum atomic E-state index is 11.4. The summed E-state index contributed by atoms with van der Waals surface area (Å²) in [5.41, 5.74) is 1.00. The Balaban J connectivity index is 2.51. The number of ketones is 1. The minimum absolute atomic E-state index is 0.0324. The van der Waals surface area contributed by atoms with Crippen molar-refractivity contribution in [3.8, 4) is 5.75 Å². The van der Waals surface area contributed by atoms with Crippen LogP contribution in [0.15, 0.2) is 12.1 Å². The van der Waals surface area contributed by atoms with Gasteiger partial charge in [-0.15, -0.1) is 0 Å². The first-order chi connectivity index (χ1) is 7.81. The Morgan fingerprint density at radius 3 is 2.76 bits per heavy atom. The largest absolute Gasteiger partial charge is 0.484 e. The zero-order valence-electron chi connectivity index (χ0n) is 10.1. The Kier molecular flexibility index (Phi) is 3.20. The molecule has 3 nitrogen and oxygen atoms in total. The van der Waals surface area contributed by atoms with Crippen molar-refractivity contribution in [2.75, 3.05) is 0 Å². The van der Waals surface area contributed by atoms with Gasteiger partial charge >= 0.3 is 0 Å². The van der Waals surface area contributed by atoms with Gasteiger partial charge < -0.3 is 9.84 Å². The van der Waals surface area contributed by atoms with E-state index in [9.17, 15) is 9.90 Å². The number of carbonyl (C=O) groups is 1. The third-order valence-corrected chi connectivity index (χ3v) is 3.91. The van der Waals surface area contributed by atoms with Crippen LogP contribution in [-0.4, -0.2) is 22.6 Å². The van der Waals surface area contributed by atoms with Gasteiger partial charge in [-0.05, 0) is 61.1 Å². The van der Waals surface area contributed by atoms with Gasteiger partial charge in [0.1, 0.15) is 11.4 Å².